The first-order valence-electron chi connectivity index (χ1n) is 9.08. The van der Waals surface area contributed by atoms with E-state index in [1.807, 2.05) is 24.3 Å². The number of hydrogen-bond acceptors (Lipinski definition) is 6. The monoisotopic (exact) mass is 411 g/mol. The van der Waals surface area contributed by atoms with Gasteiger partial charge in [-0.3, -0.25) is 4.79 Å². The lowest BCUT2D eigenvalue weighted by Gasteiger charge is -2.08. The predicted octanol–water partition coefficient (Wildman–Crippen LogP) is 3.28. The van der Waals surface area contributed by atoms with Crippen molar-refractivity contribution in [2.24, 2.45) is 0 Å². The maximum absolute atomic E-state index is 13.4. The molecular weight excluding hydrogens is 393 g/mol. The number of imidazole rings is 1. The van der Waals surface area contributed by atoms with Crippen molar-refractivity contribution < 1.29 is 13.9 Å². The van der Waals surface area contributed by atoms with Crippen LogP contribution < -0.4 is 10.1 Å². The Bertz CT molecular complexity index is 1130. The van der Waals surface area contributed by atoms with Crippen molar-refractivity contribution in [1.29, 1.82) is 0 Å². The number of carbonyl (C=O) groups excluding carboxylic acids is 1. The summed E-state index contributed by atoms with van der Waals surface area (Å²) in [7, 11) is 0. The first-order chi connectivity index (χ1) is 14.2. The van der Waals surface area contributed by atoms with Crippen LogP contribution in [0.25, 0.3) is 22.3 Å². The van der Waals surface area contributed by atoms with Gasteiger partial charge in [0.15, 0.2) is 6.61 Å². The van der Waals surface area contributed by atoms with Crippen LogP contribution in [0.1, 0.15) is 6.42 Å². The van der Waals surface area contributed by atoms with E-state index >= 15 is 0 Å². The van der Waals surface area contributed by atoms with Gasteiger partial charge in [-0.15, -0.1) is 4.37 Å². The van der Waals surface area contributed by atoms with Gasteiger partial charge in [0.1, 0.15) is 11.5 Å². The van der Waals surface area contributed by atoms with Crippen LogP contribution in [0.15, 0.2) is 54.9 Å². The minimum Gasteiger partial charge on any atom is -0.465 e. The van der Waals surface area contributed by atoms with E-state index < -0.39 is 0 Å². The van der Waals surface area contributed by atoms with Crippen LogP contribution in [0.4, 0.5) is 4.39 Å². The van der Waals surface area contributed by atoms with Gasteiger partial charge in [0, 0.05) is 18.7 Å². The summed E-state index contributed by atoms with van der Waals surface area (Å²) >= 11 is 0.952. The average molecular weight is 411 g/mol. The van der Waals surface area contributed by atoms with Gasteiger partial charge in [-0.25, -0.2) is 9.37 Å². The van der Waals surface area contributed by atoms with Crippen LogP contribution in [0.5, 0.6) is 5.88 Å². The molecule has 4 aromatic rings. The number of nitrogens with zero attached hydrogens (tertiary/aromatic N) is 4. The van der Waals surface area contributed by atoms with Gasteiger partial charge in [-0.2, -0.15) is 4.37 Å². The molecule has 0 radical (unpaired) electrons. The molecule has 0 atom stereocenters. The second-order valence-corrected chi connectivity index (χ2v) is 6.88. The molecule has 29 heavy (non-hydrogen) atoms. The molecule has 1 N–H and O–H groups in total. The minimum atomic E-state index is -0.370. The lowest BCUT2D eigenvalue weighted by atomic mass is 10.1. The van der Waals surface area contributed by atoms with E-state index in [1.165, 1.54) is 12.1 Å². The summed E-state index contributed by atoms with van der Waals surface area (Å²) in [5.41, 5.74) is 3.01. The van der Waals surface area contributed by atoms with E-state index in [4.69, 9.17) is 4.74 Å². The Morgan fingerprint density at radius 1 is 1.17 bits per heavy atom. The molecular formula is C20H18FN5O2S. The standard InChI is InChI=1S/C20H18FN5O2S/c21-15-6-3-5-14(11-15)19-20(25-29-24-19)28-12-18(27)22-9-4-10-26-13-23-16-7-1-2-8-17(16)26/h1-3,5-8,11,13H,4,9-10,12H2,(H,22,27). The summed E-state index contributed by atoms with van der Waals surface area (Å²) in [6.07, 6.45) is 2.57. The van der Waals surface area contributed by atoms with Crippen LogP contribution in [-0.4, -0.2) is 37.4 Å². The molecule has 9 heteroatoms. The number of halogens is 1. The van der Waals surface area contributed by atoms with Crippen molar-refractivity contribution in [2.45, 2.75) is 13.0 Å². The lowest BCUT2D eigenvalue weighted by molar-refractivity contribution is -0.123. The smallest absolute Gasteiger partial charge is 0.258 e. The Kier molecular flexibility index (Phi) is 5.76. The van der Waals surface area contributed by atoms with Crippen molar-refractivity contribution in [3.05, 3.63) is 60.7 Å². The molecule has 1 amide bonds. The van der Waals surface area contributed by atoms with Crippen LogP contribution in [0.2, 0.25) is 0 Å². The minimum absolute atomic E-state index is 0.179. The number of para-hydroxylation sites is 2. The van der Waals surface area contributed by atoms with E-state index in [0.29, 0.717) is 17.8 Å². The Morgan fingerprint density at radius 3 is 2.97 bits per heavy atom. The number of hydrogen-bond donors (Lipinski definition) is 1. The van der Waals surface area contributed by atoms with Crippen molar-refractivity contribution in [3.8, 4) is 17.1 Å². The molecule has 0 saturated heterocycles. The van der Waals surface area contributed by atoms with Gasteiger partial charge in [0.2, 0.25) is 0 Å². The zero-order valence-corrected chi connectivity index (χ0v) is 16.2. The van der Waals surface area contributed by atoms with Crippen molar-refractivity contribution >= 4 is 28.7 Å². The zero-order valence-electron chi connectivity index (χ0n) is 15.4. The molecule has 0 aliphatic rings. The van der Waals surface area contributed by atoms with E-state index in [9.17, 15) is 9.18 Å². The topological polar surface area (TPSA) is 81.9 Å². The molecule has 148 valence electrons. The Hall–Kier alpha value is -3.33. The van der Waals surface area contributed by atoms with Crippen molar-refractivity contribution in [1.82, 2.24) is 23.6 Å². The maximum atomic E-state index is 13.4. The molecule has 0 aliphatic heterocycles. The Balaban J connectivity index is 1.24. The lowest BCUT2D eigenvalue weighted by Crippen LogP contribution is -2.30. The summed E-state index contributed by atoms with van der Waals surface area (Å²) < 4.78 is 29.1. The number of amides is 1. The van der Waals surface area contributed by atoms with Crippen molar-refractivity contribution in [2.75, 3.05) is 13.2 Å². The maximum Gasteiger partial charge on any atom is 0.258 e. The van der Waals surface area contributed by atoms with Crippen LogP contribution in [0, 0.1) is 5.82 Å². The SMILES string of the molecule is O=C(COc1nsnc1-c1cccc(F)c1)NCCCn1cnc2ccccc21. The third-order valence-corrected chi connectivity index (χ3v) is 4.83. The largest absolute Gasteiger partial charge is 0.465 e. The molecule has 2 aromatic heterocycles. The van der Waals surface area contributed by atoms with E-state index in [1.54, 1.807) is 18.5 Å². The van der Waals surface area contributed by atoms with Gasteiger partial charge in [0.25, 0.3) is 11.8 Å². The molecule has 0 fully saturated rings. The molecule has 0 bridgehead atoms. The fourth-order valence-electron chi connectivity index (χ4n) is 2.94. The highest BCUT2D eigenvalue weighted by atomic mass is 32.1. The Labute approximate surface area is 170 Å². The van der Waals surface area contributed by atoms with Gasteiger partial charge < -0.3 is 14.6 Å². The molecule has 0 saturated carbocycles. The second kappa shape index (κ2) is 8.78. The van der Waals surface area contributed by atoms with E-state index in [0.717, 1.165) is 35.7 Å². The fourth-order valence-corrected chi connectivity index (χ4v) is 3.46. The van der Waals surface area contributed by atoms with Crippen LogP contribution in [-0.2, 0) is 11.3 Å². The number of aromatic nitrogens is 4. The van der Waals surface area contributed by atoms with Crippen LogP contribution >= 0.6 is 11.7 Å². The van der Waals surface area contributed by atoms with Gasteiger partial charge in [-0.05, 0) is 30.7 Å². The molecule has 0 aliphatic carbocycles. The molecule has 4 rings (SSSR count). The third-order valence-electron chi connectivity index (χ3n) is 4.32. The average Bonchev–Trinajstić information content (AvgIpc) is 3.37. The Morgan fingerprint density at radius 2 is 2.07 bits per heavy atom. The molecule has 0 spiro atoms. The quantitative estimate of drug-likeness (QED) is 0.450. The van der Waals surface area contributed by atoms with Gasteiger partial charge >= 0.3 is 0 Å². The summed E-state index contributed by atoms with van der Waals surface area (Å²) in [6.45, 7) is 1.09. The van der Waals surface area contributed by atoms with Gasteiger partial charge in [-0.1, -0.05) is 24.3 Å². The third kappa shape index (κ3) is 4.57. The first-order valence-corrected chi connectivity index (χ1v) is 9.81. The number of benzene rings is 2. The normalized spacial score (nSPS) is 10.9. The summed E-state index contributed by atoms with van der Waals surface area (Å²) in [5, 5.41) is 2.82. The number of nitrogens with one attached hydrogen (secondary N) is 1. The number of fused-ring (bicyclic) bond motifs is 1. The van der Waals surface area contributed by atoms with E-state index in [-0.39, 0.29) is 24.2 Å². The first kappa shape index (κ1) is 19.0. The van der Waals surface area contributed by atoms with Gasteiger partial charge in [0.05, 0.1) is 29.1 Å². The van der Waals surface area contributed by atoms with Crippen LogP contribution in [0.3, 0.4) is 0 Å². The number of aryl methyl sites for hydroxylation is 1. The molecule has 2 aromatic carbocycles. The predicted molar refractivity (Wildman–Crippen MR) is 108 cm³/mol. The number of ether oxygens (including phenoxy) is 1. The summed E-state index contributed by atoms with van der Waals surface area (Å²) in [5.74, 6) is -0.399. The zero-order chi connectivity index (χ0) is 20.1. The summed E-state index contributed by atoms with van der Waals surface area (Å²) in [4.78, 5) is 16.4. The number of carbonyl (C=O) groups is 1. The molecule has 7 nitrogen and oxygen atoms in total. The highest BCUT2D eigenvalue weighted by Crippen LogP contribution is 2.28. The molecule has 0 unspecified atom stereocenters. The molecule has 2 heterocycles. The highest BCUT2D eigenvalue weighted by Gasteiger charge is 2.14. The number of rotatable bonds is 8. The second-order valence-electron chi connectivity index (χ2n) is 6.35. The van der Waals surface area contributed by atoms with E-state index in [2.05, 4.69) is 23.6 Å². The van der Waals surface area contributed by atoms with Crippen molar-refractivity contribution in [3.63, 3.8) is 0 Å². The summed E-state index contributed by atoms with van der Waals surface area (Å²) in [6, 6.07) is 13.9. The fraction of sp³-hybridized carbons (Fsp3) is 0.200. The highest BCUT2D eigenvalue weighted by molar-refractivity contribution is 6.99.